The molecule has 0 aliphatic heterocycles. The number of nitrogens with zero attached hydrogens (tertiary/aromatic N) is 3. The molecule has 0 spiro atoms. The molecule has 0 saturated heterocycles. The number of ketones is 1. The first kappa shape index (κ1) is 23.3. The Morgan fingerprint density at radius 2 is 1.78 bits per heavy atom. The van der Waals surface area contributed by atoms with Crippen LogP contribution in [0.15, 0.2) is 46.1 Å². The summed E-state index contributed by atoms with van der Waals surface area (Å²) in [6.45, 7) is 7.83. The molecule has 8 nitrogen and oxygen atoms in total. The second-order valence-electron chi connectivity index (χ2n) is 7.47. The third kappa shape index (κ3) is 4.20. The number of aromatic amines is 1. The molecular formula is C23H24N4O4S. The van der Waals surface area contributed by atoms with Crippen LogP contribution in [0.5, 0.6) is 0 Å². The lowest BCUT2D eigenvalue weighted by Gasteiger charge is -2.18. The zero-order valence-corrected chi connectivity index (χ0v) is 19.2. The van der Waals surface area contributed by atoms with Crippen LogP contribution < -0.4 is 5.56 Å². The smallest absolute Gasteiger partial charge is 0.258 e. The highest BCUT2D eigenvalue weighted by molar-refractivity contribution is 7.89. The first-order chi connectivity index (χ1) is 15.1. The molecule has 1 N–H and O–H groups in total. The highest BCUT2D eigenvalue weighted by Gasteiger charge is 2.27. The van der Waals surface area contributed by atoms with E-state index in [1.165, 1.54) is 28.6 Å². The second kappa shape index (κ2) is 9.02. The highest BCUT2D eigenvalue weighted by atomic mass is 32.2. The zero-order chi connectivity index (χ0) is 23.6. The number of benzene rings is 2. The summed E-state index contributed by atoms with van der Waals surface area (Å²) in [7, 11) is -3.66. The fourth-order valence-electron chi connectivity index (χ4n) is 3.66. The van der Waals surface area contributed by atoms with Crippen LogP contribution in [0.1, 0.15) is 47.1 Å². The predicted molar refractivity (Wildman–Crippen MR) is 121 cm³/mol. The maximum absolute atomic E-state index is 13.0. The van der Waals surface area contributed by atoms with Gasteiger partial charge in [0.1, 0.15) is 5.82 Å². The summed E-state index contributed by atoms with van der Waals surface area (Å²) in [6, 6.07) is 10.9. The third-order valence-electron chi connectivity index (χ3n) is 5.31. The van der Waals surface area contributed by atoms with Gasteiger partial charge in [0.15, 0.2) is 11.7 Å². The number of aromatic nitrogens is 2. The Kier molecular flexibility index (Phi) is 6.57. The van der Waals surface area contributed by atoms with Crippen LogP contribution in [0, 0.1) is 25.2 Å². The normalized spacial score (nSPS) is 12.6. The molecule has 0 fully saturated rings. The summed E-state index contributed by atoms with van der Waals surface area (Å²) in [5.41, 5.74) is 1.83. The Morgan fingerprint density at radius 3 is 2.34 bits per heavy atom. The second-order valence-corrected chi connectivity index (χ2v) is 9.41. The van der Waals surface area contributed by atoms with E-state index in [1.807, 2.05) is 26.0 Å². The molecule has 0 aliphatic carbocycles. The molecule has 1 atom stereocenters. The van der Waals surface area contributed by atoms with E-state index in [0.29, 0.717) is 24.0 Å². The lowest BCUT2D eigenvalue weighted by atomic mass is 9.97. The van der Waals surface area contributed by atoms with Gasteiger partial charge in [0.25, 0.3) is 5.56 Å². The van der Waals surface area contributed by atoms with Crippen LogP contribution in [0.25, 0.3) is 10.9 Å². The van der Waals surface area contributed by atoms with Gasteiger partial charge in [-0.3, -0.25) is 9.59 Å². The Balaban J connectivity index is 2.00. The van der Waals surface area contributed by atoms with Crippen molar-refractivity contribution in [2.75, 3.05) is 13.1 Å². The number of fused-ring (bicyclic) bond motifs is 1. The van der Waals surface area contributed by atoms with Crippen molar-refractivity contribution in [3.05, 3.63) is 69.3 Å². The molecule has 32 heavy (non-hydrogen) atoms. The Bertz CT molecular complexity index is 1380. The van der Waals surface area contributed by atoms with Crippen molar-refractivity contribution in [3.63, 3.8) is 0 Å². The van der Waals surface area contributed by atoms with E-state index in [2.05, 4.69) is 9.97 Å². The maximum atomic E-state index is 13.0. The van der Waals surface area contributed by atoms with Crippen molar-refractivity contribution >= 4 is 26.7 Å². The summed E-state index contributed by atoms with van der Waals surface area (Å²) in [6.07, 6.45) is 0. The van der Waals surface area contributed by atoms with Crippen molar-refractivity contribution in [1.82, 2.24) is 14.3 Å². The minimum absolute atomic E-state index is 0.0400. The molecule has 9 heteroatoms. The molecule has 0 radical (unpaired) electrons. The number of H-pyrrole nitrogens is 1. The molecule has 0 aliphatic rings. The molecule has 0 amide bonds. The highest BCUT2D eigenvalue weighted by Crippen LogP contribution is 2.23. The average Bonchev–Trinajstić information content (AvgIpc) is 2.76. The number of hydrogen-bond donors (Lipinski definition) is 1. The van der Waals surface area contributed by atoms with Gasteiger partial charge in [-0.2, -0.15) is 9.57 Å². The lowest BCUT2D eigenvalue weighted by molar-refractivity contribution is 0.0976. The molecular weight excluding hydrogens is 428 g/mol. The number of sulfonamides is 1. The van der Waals surface area contributed by atoms with Crippen molar-refractivity contribution in [1.29, 1.82) is 5.26 Å². The summed E-state index contributed by atoms with van der Waals surface area (Å²) < 4.78 is 26.6. The fraction of sp³-hybridized carbons (Fsp3) is 0.304. The van der Waals surface area contributed by atoms with Crippen molar-refractivity contribution in [2.24, 2.45) is 0 Å². The van der Waals surface area contributed by atoms with Gasteiger partial charge in [-0.05, 0) is 43.2 Å². The molecule has 1 unspecified atom stereocenters. The van der Waals surface area contributed by atoms with E-state index in [4.69, 9.17) is 0 Å². The Morgan fingerprint density at radius 1 is 1.16 bits per heavy atom. The van der Waals surface area contributed by atoms with Gasteiger partial charge in [0.2, 0.25) is 10.0 Å². The first-order valence-corrected chi connectivity index (χ1v) is 11.6. The van der Waals surface area contributed by atoms with E-state index in [9.17, 15) is 23.3 Å². The van der Waals surface area contributed by atoms with Crippen LogP contribution >= 0.6 is 0 Å². The number of rotatable bonds is 7. The molecule has 0 bridgehead atoms. The topological polar surface area (TPSA) is 124 Å². The van der Waals surface area contributed by atoms with Crippen molar-refractivity contribution < 1.29 is 13.2 Å². The number of aryl methyl sites for hydroxylation is 2. The van der Waals surface area contributed by atoms with Crippen LogP contribution in [0.4, 0.5) is 0 Å². The van der Waals surface area contributed by atoms with Crippen molar-refractivity contribution in [3.8, 4) is 6.07 Å². The Hall–Kier alpha value is -3.35. The van der Waals surface area contributed by atoms with Gasteiger partial charge in [0, 0.05) is 18.7 Å². The summed E-state index contributed by atoms with van der Waals surface area (Å²) in [5.74, 6) is -1.95. The van der Waals surface area contributed by atoms with Gasteiger partial charge >= 0.3 is 0 Å². The molecule has 3 aromatic rings. The van der Waals surface area contributed by atoms with E-state index in [1.54, 1.807) is 19.9 Å². The van der Waals surface area contributed by atoms with Crippen molar-refractivity contribution in [2.45, 2.75) is 38.5 Å². The number of nitriles is 1. The predicted octanol–water partition coefficient (Wildman–Crippen LogP) is 3.06. The molecule has 166 valence electrons. The largest absolute Gasteiger partial charge is 0.308 e. The first-order valence-electron chi connectivity index (χ1n) is 10.2. The molecule has 1 heterocycles. The van der Waals surface area contributed by atoms with Crippen LogP contribution in [-0.4, -0.2) is 41.6 Å². The quantitative estimate of drug-likeness (QED) is 0.550. The van der Waals surface area contributed by atoms with Gasteiger partial charge in [0.05, 0.1) is 21.9 Å². The minimum Gasteiger partial charge on any atom is -0.308 e. The van der Waals surface area contributed by atoms with Crippen LogP contribution in [0.2, 0.25) is 0 Å². The van der Waals surface area contributed by atoms with Gasteiger partial charge in [-0.25, -0.2) is 13.4 Å². The lowest BCUT2D eigenvalue weighted by Crippen LogP contribution is -2.30. The summed E-state index contributed by atoms with van der Waals surface area (Å²) in [4.78, 5) is 32.6. The van der Waals surface area contributed by atoms with E-state index >= 15 is 0 Å². The van der Waals surface area contributed by atoms with Crippen LogP contribution in [-0.2, 0) is 10.0 Å². The minimum atomic E-state index is -3.66. The zero-order valence-electron chi connectivity index (χ0n) is 18.3. The summed E-state index contributed by atoms with van der Waals surface area (Å²) >= 11 is 0. The number of Topliss-reactive ketones (excluding diaryl/α,β-unsaturated/α-hetero) is 1. The third-order valence-corrected chi connectivity index (χ3v) is 7.37. The van der Waals surface area contributed by atoms with E-state index in [-0.39, 0.29) is 16.3 Å². The van der Waals surface area contributed by atoms with Gasteiger partial charge in [-0.15, -0.1) is 0 Å². The maximum Gasteiger partial charge on any atom is 0.258 e. The van der Waals surface area contributed by atoms with Gasteiger partial charge < -0.3 is 4.98 Å². The average molecular weight is 453 g/mol. The number of carbonyl (C=O) groups excluding carboxylic acids is 1. The van der Waals surface area contributed by atoms with E-state index < -0.39 is 27.3 Å². The molecule has 1 aromatic heterocycles. The van der Waals surface area contributed by atoms with Gasteiger partial charge in [-0.1, -0.05) is 32.0 Å². The van der Waals surface area contributed by atoms with E-state index in [0.717, 1.165) is 11.1 Å². The number of nitrogens with one attached hydrogen (secondary N) is 1. The monoisotopic (exact) mass is 452 g/mol. The molecule has 3 rings (SSSR count). The number of hydrogen-bond acceptors (Lipinski definition) is 6. The fourth-order valence-corrected chi connectivity index (χ4v) is 5.12. The standard InChI is InChI=1S/C23H24N4O4S/c1-5-27(6-2)32(30,31)17-9-7-16(8-10-17)21(28)19(13-24)22-25-20-15(4)11-14(3)12-18(20)23(29)26-22/h7-12,19H,5-6H2,1-4H3,(H,25,26,29). The Labute approximate surface area is 186 Å². The summed E-state index contributed by atoms with van der Waals surface area (Å²) in [5, 5.41) is 10.1. The molecule has 2 aromatic carbocycles. The van der Waals surface area contributed by atoms with Crippen LogP contribution in [0.3, 0.4) is 0 Å². The molecule has 0 saturated carbocycles. The number of carbonyl (C=O) groups is 1. The SMILES string of the molecule is CCN(CC)S(=O)(=O)c1ccc(C(=O)C(C#N)c2nc3c(C)cc(C)cc3c(=O)[nH]2)cc1.